The van der Waals surface area contributed by atoms with Crippen LogP contribution in [0, 0.1) is 0 Å². The van der Waals surface area contributed by atoms with Crippen molar-refractivity contribution in [1.29, 1.82) is 0 Å². The number of hydrogen-bond acceptors (Lipinski definition) is 4. The van der Waals surface area contributed by atoms with Gasteiger partial charge in [0.1, 0.15) is 0 Å². The molecule has 1 aromatic carbocycles. The molecule has 0 aliphatic heterocycles. The first-order chi connectivity index (χ1) is 9.93. The second-order valence-electron chi connectivity index (χ2n) is 4.47. The summed E-state index contributed by atoms with van der Waals surface area (Å²) in [6, 6.07) is 6.13. The van der Waals surface area contributed by atoms with Crippen LogP contribution in [-0.4, -0.2) is 39.5 Å². The Kier molecular flexibility index (Phi) is 7.55. The molecule has 0 heterocycles. The maximum atomic E-state index is 11.5. The molecule has 118 valence electrons. The van der Waals surface area contributed by atoms with Crippen molar-refractivity contribution < 1.29 is 13.2 Å². The number of thioether (sulfide) groups is 1. The van der Waals surface area contributed by atoms with Gasteiger partial charge in [0.05, 0.1) is 4.90 Å². The molecule has 0 unspecified atom stereocenters. The molecule has 1 aromatic rings. The lowest BCUT2D eigenvalue weighted by Gasteiger charge is -2.07. The monoisotopic (exact) mass is 331 g/mol. The first-order valence-corrected chi connectivity index (χ1v) is 9.50. The smallest absolute Gasteiger partial charge is 0.314 e. The minimum atomic E-state index is -3.65. The summed E-state index contributed by atoms with van der Waals surface area (Å²) < 4.78 is 22.2. The second-order valence-corrected chi connectivity index (χ2v) is 7.02. The van der Waals surface area contributed by atoms with Gasteiger partial charge in [-0.05, 0) is 42.5 Å². The highest BCUT2D eigenvalue weighted by Crippen LogP contribution is 2.08. The lowest BCUT2D eigenvalue weighted by molar-refractivity contribution is 0.241. The highest BCUT2D eigenvalue weighted by Gasteiger charge is 2.06. The number of nitrogens with one attached hydrogen (secondary N) is 2. The first kappa shape index (κ1) is 17.8. The first-order valence-electron chi connectivity index (χ1n) is 6.56. The van der Waals surface area contributed by atoms with Gasteiger partial charge < -0.3 is 10.6 Å². The molecule has 0 spiro atoms. The molecule has 0 aliphatic carbocycles. The number of carbonyl (C=O) groups is 1. The van der Waals surface area contributed by atoms with E-state index in [0.29, 0.717) is 19.5 Å². The summed E-state index contributed by atoms with van der Waals surface area (Å²) in [4.78, 5) is 11.5. The molecule has 0 saturated carbocycles. The Morgan fingerprint density at radius 2 is 1.81 bits per heavy atom. The van der Waals surface area contributed by atoms with Crippen LogP contribution in [0.15, 0.2) is 29.2 Å². The molecule has 21 heavy (non-hydrogen) atoms. The van der Waals surface area contributed by atoms with Gasteiger partial charge in [0, 0.05) is 13.1 Å². The van der Waals surface area contributed by atoms with Crippen molar-refractivity contribution >= 4 is 27.8 Å². The molecule has 0 aromatic heterocycles. The molecule has 4 N–H and O–H groups in total. The van der Waals surface area contributed by atoms with Crippen molar-refractivity contribution in [2.24, 2.45) is 5.14 Å². The number of primary sulfonamides is 1. The number of urea groups is 1. The van der Waals surface area contributed by atoms with Gasteiger partial charge in [-0.3, -0.25) is 0 Å². The Morgan fingerprint density at radius 3 is 2.38 bits per heavy atom. The van der Waals surface area contributed by atoms with Crippen LogP contribution in [0.3, 0.4) is 0 Å². The van der Waals surface area contributed by atoms with Crippen molar-refractivity contribution in [1.82, 2.24) is 10.6 Å². The van der Waals surface area contributed by atoms with Gasteiger partial charge in [-0.1, -0.05) is 12.1 Å². The Labute approximate surface area is 129 Å². The van der Waals surface area contributed by atoms with Crippen LogP contribution in [-0.2, 0) is 16.4 Å². The third kappa shape index (κ3) is 7.35. The average molecular weight is 331 g/mol. The second kappa shape index (κ2) is 8.91. The van der Waals surface area contributed by atoms with Crippen LogP contribution in [0.2, 0.25) is 0 Å². The zero-order valence-electron chi connectivity index (χ0n) is 12.0. The fourth-order valence-electron chi connectivity index (χ4n) is 1.65. The number of hydrogen-bond donors (Lipinski definition) is 3. The standard InChI is InChI=1S/C13H21N3O3S2/c1-20-10-2-8-15-13(17)16-9-7-11-3-5-12(6-4-11)21(14,18)19/h3-6H,2,7-10H2,1H3,(H2,14,18,19)(H2,15,16,17). The van der Waals surface area contributed by atoms with Gasteiger partial charge in [0.15, 0.2) is 0 Å². The highest BCUT2D eigenvalue weighted by atomic mass is 32.2. The van der Waals surface area contributed by atoms with Crippen LogP contribution in [0.4, 0.5) is 4.79 Å². The van der Waals surface area contributed by atoms with Gasteiger partial charge in [-0.25, -0.2) is 18.4 Å². The van der Waals surface area contributed by atoms with Crippen LogP contribution in [0.5, 0.6) is 0 Å². The summed E-state index contributed by atoms with van der Waals surface area (Å²) in [5.74, 6) is 1.02. The predicted octanol–water partition coefficient (Wildman–Crippen LogP) is 0.929. The quantitative estimate of drug-likeness (QED) is 0.617. The Balaban J connectivity index is 2.28. The summed E-state index contributed by atoms with van der Waals surface area (Å²) in [7, 11) is -3.65. The lowest BCUT2D eigenvalue weighted by atomic mass is 10.1. The molecule has 0 atom stereocenters. The molecule has 1 rings (SSSR count). The van der Waals surface area contributed by atoms with Gasteiger partial charge in [-0.2, -0.15) is 11.8 Å². The highest BCUT2D eigenvalue weighted by molar-refractivity contribution is 7.98. The van der Waals surface area contributed by atoms with E-state index < -0.39 is 10.0 Å². The van der Waals surface area contributed by atoms with E-state index in [4.69, 9.17) is 5.14 Å². The third-order valence-electron chi connectivity index (χ3n) is 2.76. The van der Waals surface area contributed by atoms with E-state index in [2.05, 4.69) is 10.6 Å². The van der Waals surface area contributed by atoms with E-state index in [1.165, 1.54) is 12.1 Å². The SMILES string of the molecule is CSCCCNC(=O)NCCc1ccc(S(N)(=O)=O)cc1. The summed E-state index contributed by atoms with van der Waals surface area (Å²) in [6.45, 7) is 1.15. The topological polar surface area (TPSA) is 101 Å². The van der Waals surface area contributed by atoms with E-state index in [1.807, 2.05) is 6.26 Å². The number of carbonyl (C=O) groups excluding carboxylic acids is 1. The zero-order valence-corrected chi connectivity index (χ0v) is 13.6. The fraction of sp³-hybridized carbons (Fsp3) is 0.462. The largest absolute Gasteiger partial charge is 0.338 e. The van der Waals surface area contributed by atoms with Crippen LogP contribution < -0.4 is 15.8 Å². The molecule has 0 aliphatic rings. The van der Waals surface area contributed by atoms with Crippen LogP contribution in [0.25, 0.3) is 0 Å². The molecular formula is C13H21N3O3S2. The molecule has 0 radical (unpaired) electrons. The molecule has 0 bridgehead atoms. The normalized spacial score (nSPS) is 11.1. The summed E-state index contributed by atoms with van der Waals surface area (Å²) in [6.07, 6.45) is 3.61. The fourth-order valence-corrected chi connectivity index (χ4v) is 2.60. The predicted molar refractivity (Wildman–Crippen MR) is 85.9 cm³/mol. The number of sulfonamides is 1. The molecule has 0 fully saturated rings. The maximum Gasteiger partial charge on any atom is 0.314 e. The Bertz CT molecular complexity index is 544. The van der Waals surface area contributed by atoms with Gasteiger partial charge in [0.2, 0.25) is 10.0 Å². The third-order valence-corrected chi connectivity index (χ3v) is 4.39. The zero-order chi connectivity index (χ0) is 15.7. The van der Waals surface area contributed by atoms with Crippen molar-refractivity contribution in [3.8, 4) is 0 Å². The number of nitrogens with two attached hydrogens (primary N) is 1. The van der Waals surface area contributed by atoms with Crippen molar-refractivity contribution in [2.45, 2.75) is 17.7 Å². The van der Waals surface area contributed by atoms with E-state index in [9.17, 15) is 13.2 Å². The average Bonchev–Trinajstić information content (AvgIpc) is 2.43. The lowest BCUT2D eigenvalue weighted by Crippen LogP contribution is -2.37. The van der Waals surface area contributed by atoms with Crippen LogP contribution >= 0.6 is 11.8 Å². The summed E-state index contributed by atoms with van der Waals surface area (Å²) in [5, 5.41) is 10.5. The van der Waals surface area contributed by atoms with Crippen LogP contribution in [0.1, 0.15) is 12.0 Å². The van der Waals surface area contributed by atoms with E-state index in [1.54, 1.807) is 23.9 Å². The Morgan fingerprint density at radius 1 is 1.19 bits per heavy atom. The van der Waals surface area contributed by atoms with Gasteiger partial charge in [-0.15, -0.1) is 0 Å². The molecule has 2 amide bonds. The van der Waals surface area contributed by atoms with E-state index >= 15 is 0 Å². The molecule has 0 saturated heterocycles. The minimum Gasteiger partial charge on any atom is -0.338 e. The number of amides is 2. The Hall–Kier alpha value is -1.25. The van der Waals surface area contributed by atoms with Gasteiger partial charge >= 0.3 is 6.03 Å². The van der Waals surface area contributed by atoms with E-state index in [0.717, 1.165) is 17.7 Å². The van der Waals surface area contributed by atoms with Gasteiger partial charge in [0.25, 0.3) is 0 Å². The van der Waals surface area contributed by atoms with Crippen molar-refractivity contribution in [3.63, 3.8) is 0 Å². The molecule has 6 nitrogen and oxygen atoms in total. The van der Waals surface area contributed by atoms with Crippen molar-refractivity contribution in [2.75, 3.05) is 25.1 Å². The molecular weight excluding hydrogens is 310 g/mol. The summed E-state index contributed by atoms with van der Waals surface area (Å²) >= 11 is 1.75. The molecule has 8 heteroatoms. The number of benzene rings is 1. The maximum absolute atomic E-state index is 11.5. The van der Waals surface area contributed by atoms with Crippen molar-refractivity contribution in [3.05, 3.63) is 29.8 Å². The number of rotatable bonds is 8. The van der Waals surface area contributed by atoms with E-state index in [-0.39, 0.29) is 10.9 Å². The summed E-state index contributed by atoms with van der Waals surface area (Å²) in [5.41, 5.74) is 0.935. The minimum absolute atomic E-state index is 0.0887.